The summed E-state index contributed by atoms with van der Waals surface area (Å²) in [6.45, 7) is 3.24. The van der Waals surface area contributed by atoms with E-state index in [1.165, 1.54) is 25.7 Å². The minimum absolute atomic E-state index is 0.315. The summed E-state index contributed by atoms with van der Waals surface area (Å²) in [7, 11) is 0. The molecule has 0 aromatic heterocycles. The van der Waals surface area contributed by atoms with E-state index in [0.717, 1.165) is 24.9 Å². The van der Waals surface area contributed by atoms with Crippen molar-refractivity contribution < 1.29 is 4.74 Å². The Labute approximate surface area is 80.8 Å². The van der Waals surface area contributed by atoms with Crippen LogP contribution in [0.5, 0.6) is 0 Å². The standard InChI is InChI=1S/C11H21NO/c1-8-3-2-4-9(7-8)11-10(12)5-6-13-11/h8-11H,2-7,12H2,1H3. The smallest absolute Gasteiger partial charge is 0.0754 e. The summed E-state index contributed by atoms with van der Waals surface area (Å²) >= 11 is 0. The zero-order valence-electron chi connectivity index (χ0n) is 8.54. The predicted octanol–water partition coefficient (Wildman–Crippen LogP) is 1.93. The van der Waals surface area contributed by atoms with Gasteiger partial charge in [-0.2, -0.15) is 0 Å². The maximum Gasteiger partial charge on any atom is 0.0754 e. The molecule has 2 nitrogen and oxygen atoms in total. The van der Waals surface area contributed by atoms with Crippen molar-refractivity contribution in [2.24, 2.45) is 17.6 Å². The molecule has 0 radical (unpaired) electrons. The van der Waals surface area contributed by atoms with Crippen LogP contribution in [0.4, 0.5) is 0 Å². The summed E-state index contributed by atoms with van der Waals surface area (Å²) < 4.78 is 5.73. The van der Waals surface area contributed by atoms with E-state index in [2.05, 4.69) is 6.92 Å². The van der Waals surface area contributed by atoms with Crippen molar-refractivity contribution in [1.82, 2.24) is 0 Å². The first-order chi connectivity index (χ1) is 6.27. The fraction of sp³-hybridized carbons (Fsp3) is 1.00. The van der Waals surface area contributed by atoms with Crippen molar-refractivity contribution in [1.29, 1.82) is 0 Å². The molecular formula is C11H21NO. The second-order valence-corrected chi connectivity index (χ2v) is 4.82. The number of nitrogens with two attached hydrogens (primary N) is 1. The van der Waals surface area contributed by atoms with Crippen molar-refractivity contribution >= 4 is 0 Å². The highest BCUT2D eigenvalue weighted by Crippen LogP contribution is 2.34. The maximum atomic E-state index is 6.03. The molecule has 2 heteroatoms. The molecule has 4 atom stereocenters. The normalized spacial score (nSPS) is 46.6. The quantitative estimate of drug-likeness (QED) is 0.674. The lowest BCUT2D eigenvalue weighted by atomic mass is 9.78. The molecule has 1 heterocycles. The molecule has 0 aromatic carbocycles. The third kappa shape index (κ3) is 2.05. The van der Waals surface area contributed by atoms with Gasteiger partial charge in [0, 0.05) is 12.6 Å². The Morgan fingerprint density at radius 2 is 2.08 bits per heavy atom. The minimum atomic E-state index is 0.315. The summed E-state index contributed by atoms with van der Waals surface area (Å²) in [6, 6.07) is 0.315. The number of hydrogen-bond acceptors (Lipinski definition) is 2. The van der Waals surface area contributed by atoms with Crippen LogP contribution in [0.15, 0.2) is 0 Å². The average molecular weight is 183 g/mol. The van der Waals surface area contributed by atoms with Crippen molar-refractivity contribution in [3.8, 4) is 0 Å². The van der Waals surface area contributed by atoms with Crippen LogP contribution in [0.3, 0.4) is 0 Å². The molecule has 2 aliphatic rings. The van der Waals surface area contributed by atoms with Crippen molar-refractivity contribution in [3.63, 3.8) is 0 Å². The van der Waals surface area contributed by atoms with Crippen LogP contribution >= 0.6 is 0 Å². The molecule has 13 heavy (non-hydrogen) atoms. The number of ether oxygens (including phenoxy) is 1. The zero-order chi connectivity index (χ0) is 9.26. The third-order valence-electron chi connectivity index (χ3n) is 3.63. The predicted molar refractivity (Wildman–Crippen MR) is 53.5 cm³/mol. The molecule has 2 rings (SSSR count). The van der Waals surface area contributed by atoms with Gasteiger partial charge in [-0.3, -0.25) is 0 Å². The van der Waals surface area contributed by atoms with E-state index in [0.29, 0.717) is 12.1 Å². The van der Waals surface area contributed by atoms with E-state index in [-0.39, 0.29) is 0 Å². The Kier molecular flexibility index (Phi) is 2.89. The van der Waals surface area contributed by atoms with Gasteiger partial charge in [0.25, 0.3) is 0 Å². The zero-order valence-corrected chi connectivity index (χ0v) is 8.54. The van der Waals surface area contributed by atoms with Crippen LogP contribution in [0.2, 0.25) is 0 Å². The second kappa shape index (κ2) is 3.97. The molecule has 1 aliphatic carbocycles. The summed E-state index contributed by atoms with van der Waals surface area (Å²) in [5.41, 5.74) is 6.03. The van der Waals surface area contributed by atoms with Crippen LogP contribution in [0.1, 0.15) is 39.0 Å². The lowest BCUT2D eigenvalue weighted by Crippen LogP contribution is -2.38. The van der Waals surface area contributed by atoms with E-state index in [9.17, 15) is 0 Å². The molecule has 2 fully saturated rings. The first-order valence-corrected chi connectivity index (χ1v) is 5.64. The molecule has 4 unspecified atom stereocenters. The molecule has 76 valence electrons. The second-order valence-electron chi connectivity index (χ2n) is 4.82. The Balaban J connectivity index is 1.91. The van der Waals surface area contributed by atoms with Gasteiger partial charge in [-0.05, 0) is 31.1 Å². The van der Waals surface area contributed by atoms with Gasteiger partial charge in [-0.15, -0.1) is 0 Å². The minimum Gasteiger partial charge on any atom is -0.376 e. The molecular weight excluding hydrogens is 162 g/mol. The topological polar surface area (TPSA) is 35.2 Å². The molecule has 1 aliphatic heterocycles. The van der Waals surface area contributed by atoms with E-state index in [1.807, 2.05) is 0 Å². The van der Waals surface area contributed by atoms with Crippen molar-refractivity contribution in [2.75, 3.05) is 6.61 Å². The van der Waals surface area contributed by atoms with Gasteiger partial charge in [-0.25, -0.2) is 0 Å². The van der Waals surface area contributed by atoms with E-state index in [4.69, 9.17) is 10.5 Å². The highest BCUT2D eigenvalue weighted by molar-refractivity contribution is 4.87. The molecule has 1 saturated heterocycles. The molecule has 0 amide bonds. The lowest BCUT2D eigenvalue weighted by Gasteiger charge is -2.32. The van der Waals surface area contributed by atoms with Gasteiger partial charge in [-0.1, -0.05) is 19.8 Å². The number of hydrogen-bond donors (Lipinski definition) is 1. The van der Waals surface area contributed by atoms with Crippen molar-refractivity contribution in [2.45, 2.75) is 51.2 Å². The Bertz CT molecular complexity index is 171. The van der Waals surface area contributed by atoms with Crippen LogP contribution in [-0.2, 0) is 4.74 Å². The van der Waals surface area contributed by atoms with Crippen LogP contribution < -0.4 is 5.73 Å². The molecule has 0 bridgehead atoms. The van der Waals surface area contributed by atoms with E-state index >= 15 is 0 Å². The van der Waals surface area contributed by atoms with E-state index < -0.39 is 0 Å². The Morgan fingerprint density at radius 1 is 1.23 bits per heavy atom. The molecule has 1 saturated carbocycles. The fourth-order valence-electron chi connectivity index (χ4n) is 2.89. The third-order valence-corrected chi connectivity index (χ3v) is 3.63. The van der Waals surface area contributed by atoms with Gasteiger partial charge in [0.2, 0.25) is 0 Å². The maximum absolute atomic E-state index is 6.03. The first kappa shape index (κ1) is 9.47. The van der Waals surface area contributed by atoms with Gasteiger partial charge < -0.3 is 10.5 Å². The van der Waals surface area contributed by atoms with Gasteiger partial charge in [0.05, 0.1) is 6.10 Å². The Hall–Kier alpha value is -0.0800. The van der Waals surface area contributed by atoms with Crippen LogP contribution in [0, 0.1) is 11.8 Å². The summed E-state index contributed by atoms with van der Waals surface area (Å²) in [4.78, 5) is 0. The molecule has 0 aromatic rings. The van der Waals surface area contributed by atoms with E-state index in [1.54, 1.807) is 0 Å². The first-order valence-electron chi connectivity index (χ1n) is 5.64. The van der Waals surface area contributed by atoms with Crippen molar-refractivity contribution in [3.05, 3.63) is 0 Å². The summed E-state index contributed by atoms with van der Waals surface area (Å²) in [5, 5.41) is 0. The molecule has 0 spiro atoms. The highest BCUT2D eigenvalue weighted by atomic mass is 16.5. The SMILES string of the molecule is CC1CCCC(C2OCCC2N)C1. The van der Waals surface area contributed by atoms with Gasteiger partial charge in [0.1, 0.15) is 0 Å². The average Bonchev–Trinajstić information content (AvgIpc) is 2.51. The highest BCUT2D eigenvalue weighted by Gasteiger charge is 2.34. The summed E-state index contributed by atoms with van der Waals surface area (Å²) in [5.74, 6) is 1.64. The Morgan fingerprint density at radius 3 is 2.69 bits per heavy atom. The van der Waals surface area contributed by atoms with Gasteiger partial charge in [0.15, 0.2) is 0 Å². The monoisotopic (exact) mass is 183 g/mol. The number of rotatable bonds is 1. The largest absolute Gasteiger partial charge is 0.376 e. The summed E-state index contributed by atoms with van der Waals surface area (Å²) in [6.07, 6.45) is 6.88. The van der Waals surface area contributed by atoms with Gasteiger partial charge >= 0.3 is 0 Å². The lowest BCUT2D eigenvalue weighted by molar-refractivity contribution is 0.0323. The van der Waals surface area contributed by atoms with Crippen LogP contribution in [-0.4, -0.2) is 18.8 Å². The molecule has 2 N–H and O–H groups in total. The van der Waals surface area contributed by atoms with Crippen LogP contribution in [0.25, 0.3) is 0 Å². The fourth-order valence-corrected chi connectivity index (χ4v) is 2.89.